The number of aliphatic carboxylic acids is 1. The number of benzene rings is 3. The van der Waals surface area contributed by atoms with E-state index >= 15 is 0 Å². The van der Waals surface area contributed by atoms with Crippen molar-refractivity contribution < 1.29 is 19.4 Å². The Labute approximate surface area is 185 Å². The summed E-state index contributed by atoms with van der Waals surface area (Å²) in [6.45, 7) is -0.419. The van der Waals surface area contributed by atoms with Gasteiger partial charge in [0.15, 0.2) is 6.61 Å². The number of carbonyl (C=O) groups is 1. The molecule has 6 heteroatoms. The smallest absolute Gasteiger partial charge is 0.341 e. The maximum Gasteiger partial charge on any atom is 0.341 e. The number of carboxylic acid groups (broad SMARTS) is 1. The lowest BCUT2D eigenvalue weighted by molar-refractivity contribution is -0.139. The van der Waals surface area contributed by atoms with E-state index in [1.54, 1.807) is 31.0 Å². The first kappa shape index (κ1) is 21.8. The molecule has 0 spiro atoms. The third kappa shape index (κ3) is 6.05. The molecule has 0 aliphatic heterocycles. The minimum atomic E-state index is -1.04. The number of rotatable bonds is 9. The van der Waals surface area contributed by atoms with Gasteiger partial charge in [-0.25, -0.2) is 4.79 Å². The Bertz CT molecular complexity index is 1020. The molecule has 0 aliphatic carbocycles. The molecule has 0 saturated heterocycles. The van der Waals surface area contributed by atoms with Crippen molar-refractivity contribution in [2.24, 2.45) is 0 Å². The summed E-state index contributed by atoms with van der Waals surface area (Å²) in [5, 5.41) is 9.11. The zero-order valence-corrected chi connectivity index (χ0v) is 18.0. The molecule has 0 bridgehead atoms. The van der Waals surface area contributed by atoms with Crippen LogP contribution in [0.25, 0.3) is 5.57 Å². The molecule has 0 fully saturated rings. The van der Waals surface area contributed by atoms with Gasteiger partial charge >= 0.3 is 5.97 Å². The average molecular weight is 441 g/mol. The summed E-state index contributed by atoms with van der Waals surface area (Å²) in [5.74, 6) is 0.881. The molecule has 0 aliphatic rings. The van der Waals surface area contributed by atoms with Gasteiger partial charge in [0.2, 0.25) is 0 Å². The minimum absolute atomic E-state index is 0.363. The second kappa shape index (κ2) is 10.8. The fraction of sp³-hybridized carbons (Fsp3) is 0.125. The Kier molecular flexibility index (Phi) is 7.82. The van der Waals surface area contributed by atoms with Crippen molar-refractivity contribution in [3.63, 3.8) is 0 Å². The van der Waals surface area contributed by atoms with Crippen molar-refractivity contribution in [2.75, 3.05) is 19.5 Å². The quantitative estimate of drug-likeness (QED) is 0.411. The number of carboxylic acids is 1. The van der Waals surface area contributed by atoms with Crippen LogP contribution in [0.2, 0.25) is 5.02 Å². The van der Waals surface area contributed by atoms with Crippen molar-refractivity contribution in [3.05, 3.63) is 95.0 Å². The second-order valence-corrected chi connectivity index (χ2v) is 7.80. The molecule has 3 rings (SSSR count). The van der Waals surface area contributed by atoms with E-state index in [0.717, 1.165) is 33.1 Å². The summed E-state index contributed by atoms with van der Waals surface area (Å²) >= 11 is 7.85. The van der Waals surface area contributed by atoms with Crippen LogP contribution < -0.4 is 9.47 Å². The van der Waals surface area contributed by atoms with Gasteiger partial charge < -0.3 is 14.6 Å². The van der Waals surface area contributed by atoms with Gasteiger partial charge in [0.25, 0.3) is 0 Å². The standard InChI is InChI=1S/C24H21ClO4S/c1-28-19-9-7-18(8-10-19)21(17-5-3-2-4-6-17)13-14-30-20-11-12-23(22(25)15-20)29-16-24(26)27/h2-13,15H,14,16H2,1H3,(H,26,27). The molecule has 1 N–H and O–H groups in total. The largest absolute Gasteiger partial charge is 0.497 e. The molecule has 3 aromatic carbocycles. The van der Waals surface area contributed by atoms with Gasteiger partial charge in [0.05, 0.1) is 12.1 Å². The SMILES string of the molecule is COc1ccc(C(=CCSc2ccc(OCC(=O)O)c(Cl)c2)c2ccccc2)cc1. The van der Waals surface area contributed by atoms with Crippen LogP contribution in [0, 0.1) is 0 Å². The fourth-order valence-electron chi connectivity index (χ4n) is 2.84. The van der Waals surface area contributed by atoms with Crippen LogP contribution in [-0.4, -0.2) is 30.5 Å². The number of hydrogen-bond acceptors (Lipinski definition) is 4. The van der Waals surface area contributed by atoms with E-state index in [0.29, 0.717) is 10.8 Å². The molecule has 0 saturated carbocycles. The number of ether oxygens (including phenoxy) is 2. The number of methoxy groups -OCH3 is 1. The van der Waals surface area contributed by atoms with E-state index in [4.69, 9.17) is 26.2 Å². The molecule has 30 heavy (non-hydrogen) atoms. The first-order valence-electron chi connectivity index (χ1n) is 9.24. The lowest BCUT2D eigenvalue weighted by atomic mass is 9.98. The highest BCUT2D eigenvalue weighted by molar-refractivity contribution is 7.99. The van der Waals surface area contributed by atoms with E-state index in [1.807, 2.05) is 48.5 Å². The topological polar surface area (TPSA) is 55.8 Å². The van der Waals surface area contributed by atoms with Gasteiger partial charge in [-0.05, 0) is 47.0 Å². The maximum atomic E-state index is 10.6. The van der Waals surface area contributed by atoms with Crippen molar-refractivity contribution in [1.82, 2.24) is 0 Å². The van der Waals surface area contributed by atoms with E-state index in [1.165, 1.54) is 0 Å². The van der Waals surface area contributed by atoms with Crippen LogP contribution >= 0.6 is 23.4 Å². The summed E-state index contributed by atoms with van der Waals surface area (Å²) in [6, 6.07) is 23.6. The highest BCUT2D eigenvalue weighted by Crippen LogP contribution is 2.31. The monoisotopic (exact) mass is 440 g/mol. The van der Waals surface area contributed by atoms with Crippen molar-refractivity contribution >= 4 is 34.9 Å². The van der Waals surface area contributed by atoms with E-state index < -0.39 is 12.6 Å². The zero-order valence-electron chi connectivity index (χ0n) is 16.4. The minimum Gasteiger partial charge on any atom is -0.497 e. The lowest BCUT2D eigenvalue weighted by Gasteiger charge is -2.10. The van der Waals surface area contributed by atoms with Crippen LogP contribution in [0.15, 0.2) is 83.8 Å². The summed E-state index contributed by atoms with van der Waals surface area (Å²) in [4.78, 5) is 11.6. The van der Waals surface area contributed by atoms with Crippen molar-refractivity contribution in [1.29, 1.82) is 0 Å². The van der Waals surface area contributed by atoms with Gasteiger partial charge in [-0.1, -0.05) is 60.1 Å². The molecule has 0 aromatic heterocycles. The molecule has 4 nitrogen and oxygen atoms in total. The van der Waals surface area contributed by atoms with Crippen molar-refractivity contribution in [3.8, 4) is 11.5 Å². The summed E-state index contributed by atoms with van der Waals surface area (Å²) in [6.07, 6.45) is 2.19. The van der Waals surface area contributed by atoms with Gasteiger partial charge in [-0.15, -0.1) is 11.8 Å². The first-order valence-corrected chi connectivity index (χ1v) is 10.6. The van der Waals surface area contributed by atoms with E-state index in [2.05, 4.69) is 18.2 Å². The Hall–Kier alpha value is -2.89. The Morgan fingerprint density at radius 2 is 1.73 bits per heavy atom. The van der Waals surface area contributed by atoms with E-state index in [9.17, 15) is 4.79 Å². The Balaban J connectivity index is 1.76. The van der Waals surface area contributed by atoms with Gasteiger partial charge in [-0.3, -0.25) is 0 Å². The third-order valence-electron chi connectivity index (χ3n) is 4.28. The summed E-state index contributed by atoms with van der Waals surface area (Å²) in [5.41, 5.74) is 3.38. The number of thioether (sulfide) groups is 1. The normalized spacial score (nSPS) is 11.2. The summed E-state index contributed by atoms with van der Waals surface area (Å²) < 4.78 is 10.4. The first-order chi connectivity index (χ1) is 14.6. The van der Waals surface area contributed by atoms with Crippen LogP contribution in [0.1, 0.15) is 11.1 Å². The molecule has 3 aromatic rings. The van der Waals surface area contributed by atoms with Gasteiger partial charge in [-0.2, -0.15) is 0 Å². The molecule has 154 valence electrons. The maximum absolute atomic E-state index is 10.6. The molecule has 0 unspecified atom stereocenters. The highest BCUT2D eigenvalue weighted by Gasteiger charge is 2.08. The number of halogens is 1. The Morgan fingerprint density at radius 3 is 2.37 bits per heavy atom. The number of hydrogen-bond donors (Lipinski definition) is 1. The van der Waals surface area contributed by atoms with Gasteiger partial charge in [0, 0.05) is 10.6 Å². The van der Waals surface area contributed by atoms with Crippen LogP contribution in [0.5, 0.6) is 11.5 Å². The predicted molar refractivity (Wildman–Crippen MR) is 122 cm³/mol. The predicted octanol–water partition coefficient (Wildman–Crippen LogP) is 6.04. The average Bonchev–Trinajstić information content (AvgIpc) is 2.77. The second-order valence-electron chi connectivity index (χ2n) is 6.30. The fourth-order valence-corrected chi connectivity index (χ4v) is 3.95. The molecule has 0 atom stereocenters. The zero-order chi connectivity index (χ0) is 21.3. The Morgan fingerprint density at radius 1 is 1.03 bits per heavy atom. The highest BCUT2D eigenvalue weighted by atomic mass is 35.5. The third-order valence-corrected chi connectivity index (χ3v) is 5.49. The lowest BCUT2D eigenvalue weighted by Crippen LogP contribution is -2.09. The molecular formula is C24H21ClO4S. The molecule has 0 radical (unpaired) electrons. The van der Waals surface area contributed by atoms with Crippen LogP contribution in [0.4, 0.5) is 0 Å². The van der Waals surface area contributed by atoms with Crippen LogP contribution in [0.3, 0.4) is 0 Å². The van der Waals surface area contributed by atoms with Gasteiger partial charge in [0.1, 0.15) is 11.5 Å². The molecule has 0 heterocycles. The molecular weight excluding hydrogens is 420 g/mol. The van der Waals surface area contributed by atoms with Crippen molar-refractivity contribution in [2.45, 2.75) is 4.90 Å². The van der Waals surface area contributed by atoms with E-state index in [-0.39, 0.29) is 0 Å². The molecule has 0 amide bonds. The van der Waals surface area contributed by atoms with Crippen LogP contribution in [-0.2, 0) is 4.79 Å². The summed E-state index contributed by atoms with van der Waals surface area (Å²) in [7, 11) is 1.66.